The van der Waals surface area contributed by atoms with Gasteiger partial charge in [-0.25, -0.2) is 0 Å². The summed E-state index contributed by atoms with van der Waals surface area (Å²) in [7, 11) is 0. The van der Waals surface area contributed by atoms with Gasteiger partial charge < -0.3 is 32.1 Å². The van der Waals surface area contributed by atoms with Gasteiger partial charge in [-0.1, -0.05) is 0 Å². The molecule has 0 rings (SSSR count). The number of hydrogen-bond donors (Lipinski definition) is 2. The molecule has 0 heterocycles. The molecule has 0 spiro atoms. The van der Waals surface area contributed by atoms with Crippen LogP contribution in [0.3, 0.4) is 0 Å². The van der Waals surface area contributed by atoms with Crippen molar-refractivity contribution < 1.29 is 54.9 Å². The van der Waals surface area contributed by atoms with Gasteiger partial charge in [0.25, 0.3) is 0 Å². The Balaban J connectivity index is -0.00000144. The molecule has 0 fully saturated rings. The molecule has 0 unspecified atom stereocenters. The Labute approximate surface area is 104 Å². The maximum Gasteiger partial charge on any atom is 0.384 e. The second-order valence-corrected chi connectivity index (χ2v) is 2.87. The fourth-order valence-corrected chi connectivity index (χ4v) is 0.651. The largest absolute Gasteiger partial charge is 0.544 e. The molecular weight excluding hydrogens is 316 g/mol. The zero-order valence-electron chi connectivity index (χ0n) is 9.66. The second-order valence-electron chi connectivity index (χ2n) is 2.87. The average molecular weight is 324 g/mol. The molecule has 0 aliphatic heterocycles. The molecule has 6 nitrogen and oxygen atoms in total. The van der Waals surface area contributed by atoms with Crippen molar-refractivity contribution in [2.75, 3.05) is 0 Å². The van der Waals surface area contributed by atoms with Crippen molar-refractivity contribution >= 4 is 11.9 Å². The zero-order chi connectivity index (χ0) is 15.2. The number of carboxylic acid groups (broad SMARTS) is 2. The second kappa shape index (κ2) is 5.74. The average Bonchev–Trinajstić information content (AvgIpc) is 2.15. The predicted octanol–water partition coefficient (Wildman–Crippen LogP) is -0.220. The molecule has 0 radical (unpaired) electrons. The zero-order valence-corrected chi connectivity index (χ0v) is 9.66. The molecule has 0 saturated heterocycles. The van der Waals surface area contributed by atoms with E-state index in [1.165, 1.54) is 0 Å². The third kappa shape index (κ3) is 2.74. The Morgan fingerprint density at radius 3 is 0.850 bits per heavy atom. The van der Waals surface area contributed by atoms with E-state index in [9.17, 15) is 54.9 Å². The quantitative estimate of drug-likeness (QED) is 0.671. The Morgan fingerprint density at radius 2 is 0.750 bits per heavy atom. The van der Waals surface area contributed by atoms with Crippen LogP contribution < -0.4 is 22.5 Å². The molecule has 0 aromatic rings. The van der Waals surface area contributed by atoms with E-state index in [-0.39, 0.29) is 12.3 Å². The molecule has 0 aromatic heterocycles. The van der Waals surface area contributed by atoms with Crippen LogP contribution in [0.4, 0.5) is 35.1 Å². The third-order valence-corrected chi connectivity index (χ3v) is 1.70. The first-order valence-corrected chi connectivity index (χ1v) is 3.58. The van der Waals surface area contributed by atoms with Crippen LogP contribution >= 0.6 is 0 Å². The number of aliphatic carboxylic acids is 2. The van der Waals surface area contributed by atoms with Gasteiger partial charge in [0.15, 0.2) is 0 Å². The molecule has 0 amide bonds. The number of carbonyl (C=O) groups excluding carboxylic acids is 2. The van der Waals surface area contributed by atoms with Crippen LogP contribution in [0.25, 0.3) is 0 Å². The summed E-state index contributed by atoms with van der Waals surface area (Å²) in [4.78, 5) is 19.1. The van der Waals surface area contributed by atoms with Crippen LogP contribution in [0.1, 0.15) is 0 Å². The first-order valence-electron chi connectivity index (χ1n) is 3.58. The first-order chi connectivity index (χ1) is 7.64. The molecule has 14 heteroatoms. The van der Waals surface area contributed by atoms with Gasteiger partial charge >= 0.3 is 23.7 Å². The van der Waals surface area contributed by atoms with E-state index < -0.39 is 35.6 Å². The molecule has 0 aliphatic carbocycles. The fraction of sp³-hybridized carbons (Fsp3) is 0.667. The summed E-state index contributed by atoms with van der Waals surface area (Å²) >= 11 is 0. The van der Waals surface area contributed by atoms with E-state index in [4.69, 9.17) is 0 Å². The fourth-order valence-electron chi connectivity index (χ4n) is 0.651. The maximum absolute atomic E-state index is 12.4. The van der Waals surface area contributed by atoms with E-state index >= 15 is 0 Å². The summed E-state index contributed by atoms with van der Waals surface area (Å²) in [6.45, 7) is 0. The molecular formula is C6H8F8N2O4. The summed E-state index contributed by atoms with van der Waals surface area (Å²) in [5.74, 6) is -36.1. The summed E-state index contributed by atoms with van der Waals surface area (Å²) in [6.07, 6.45) is 0. The van der Waals surface area contributed by atoms with Crippen LogP contribution in [0.2, 0.25) is 0 Å². The van der Waals surface area contributed by atoms with Gasteiger partial charge in [-0.3, -0.25) is 0 Å². The number of halogens is 8. The molecule has 8 N–H and O–H groups in total. The lowest BCUT2D eigenvalue weighted by atomic mass is 9.99. The number of carbonyl (C=O) groups is 2. The molecule has 0 atom stereocenters. The van der Waals surface area contributed by atoms with Crippen LogP contribution in [0, 0.1) is 0 Å². The van der Waals surface area contributed by atoms with Gasteiger partial charge in [-0.05, 0) is 0 Å². The van der Waals surface area contributed by atoms with E-state index in [0.29, 0.717) is 0 Å². The van der Waals surface area contributed by atoms with Crippen LogP contribution in [0.5, 0.6) is 0 Å². The van der Waals surface area contributed by atoms with Crippen molar-refractivity contribution in [2.24, 2.45) is 0 Å². The number of alkyl halides is 8. The smallest absolute Gasteiger partial charge is 0.384 e. The number of rotatable bonds is 5. The highest BCUT2D eigenvalue weighted by Crippen LogP contribution is 2.52. The highest BCUT2D eigenvalue weighted by molar-refractivity contribution is 5.78. The van der Waals surface area contributed by atoms with Crippen molar-refractivity contribution in [1.29, 1.82) is 0 Å². The molecule has 0 aliphatic rings. The molecule has 0 saturated carbocycles. The summed E-state index contributed by atoms with van der Waals surface area (Å²) in [5.41, 5.74) is 0. The minimum Gasteiger partial charge on any atom is -0.544 e. The van der Waals surface area contributed by atoms with Crippen LogP contribution in [-0.2, 0) is 9.59 Å². The molecule has 0 bridgehead atoms. The minimum absolute atomic E-state index is 0. The van der Waals surface area contributed by atoms with Crippen molar-refractivity contribution in [3.63, 3.8) is 0 Å². The Bertz CT molecular complexity index is 349. The van der Waals surface area contributed by atoms with Crippen molar-refractivity contribution in [3.05, 3.63) is 0 Å². The lowest BCUT2D eigenvalue weighted by Crippen LogP contribution is -2.69. The maximum atomic E-state index is 12.4. The van der Waals surface area contributed by atoms with E-state index in [1.54, 1.807) is 0 Å². The molecule has 0 aromatic carbocycles. The van der Waals surface area contributed by atoms with Gasteiger partial charge in [0.1, 0.15) is 11.9 Å². The summed E-state index contributed by atoms with van der Waals surface area (Å²) in [5, 5.41) is 19.1. The number of carboxylic acids is 2. The minimum atomic E-state index is -7.22. The van der Waals surface area contributed by atoms with E-state index in [1.807, 2.05) is 0 Å². The van der Waals surface area contributed by atoms with Gasteiger partial charge in [-0.2, -0.15) is 35.1 Å². The monoisotopic (exact) mass is 324 g/mol. The van der Waals surface area contributed by atoms with Crippen molar-refractivity contribution in [3.8, 4) is 0 Å². The lowest BCUT2D eigenvalue weighted by molar-refractivity contribution is -0.404. The highest BCUT2D eigenvalue weighted by atomic mass is 19.4. The SMILES string of the molecule is O=C([O-])C(F)(F)C(F)(F)C(F)(F)C(F)(F)C(=O)[O-].[NH4+].[NH4+]. The standard InChI is InChI=1S/C6H2F8O4.2H3N/c7-3(8,1(15)16)5(11,12)6(13,14)4(9,10)2(17)18;;/h(H,15,16)(H,17,18);2*1H3. The highest BCUT2D eigenvalue weighted by Gasteiger charge is 2.81. The number of quaternary nitrogens is 2. The number of hydrogen-bond acceptors (Lipinski definition) is 4. The van der Waals surface area contributed by atoms with Crippen molar-refractivity contribution in [1.82, 2.24) is 12.3 Å². The van der Waals surface area contributed by atoms with Gasteiger partial charge in [0.2, 0.25) is 0 Å². The first kappa shape index (κ1) is 23.4. The van der Waals surface area contributed by atoms with Gasteiger partial charge in [0.05, 0.1) is 0 Å². The van der Waals surface area contributed by atoms with E-state index in [2.05, 4.69) is 0 Å². The molecule has 122 valence electrons. The van der Waals surface area contributed by atoms with Crippen LogP contribution in [-0.4, -0.2) is 35.6 Å². The van der Waals surface area contributed by atoms with Crippen LogP contribution in [0.15, 0.2) is 0 Å². The summed E-state index contributed by atoms with van der Waals surface area (Å²) in [6, 6.07) is 0. The van der Waals surface area contributed by atoms with Gasteiger partial charge in [-0.15, -0.1) is 0 Å². The van der Waals surface area contributed by atoms with Gasteiger partial charge in [0, 0.05) is 0 Å². The van der Waals surface area contributed by atoms with Crippen molar-refractivity contribution in [2.45, 2.75) is 23.7 Å². The topological polar surface area (TPSA) is 153 Å². The predicted molar refractivity (Wildman–Crippen MR) is 41.8 cm³/mol. The third-order valence-electron chi connectivity index (χ3n) is 1.70. The Kier molecular flexibility index (Phi) is 6.71. The molecule has 20 heavy (non-hydrogen) atoms. The summed E-state index contributed by atoms with van der Waals surface area (Å²) < 4.78 is 98.3. The lowest BCUT2D eigenvalue weighted by Gasteiger charge is -2.37. The van der Waals surface area contributed by atoms with E-state index in [0.717, 1.165) is 0 Å². The normalized spacial score (nSPS) is 13.0. The Hall–Kier alpha value is -1.70. The Morgan fingerprint density at radius 1 is 0.600 bits per heavy atom.